The molecule has 0 fully saturated rings. The maximum atomic E-state index is 5.98. The fourth-order valence-corrected chi connectivity index (χ4v) is 3.44. The zero-order valence-corrected chi connectivity index (χ0v) is 16.6. The molecule has 0 saturated carbocycles. The van der Waals surface area contributed by atoms with Gasteiger partial charge in [-0.05, 0) is 38.3 Å². The van der Waals surface area contributed by atoms with Crippen molar-refractivity contribution in [3.8, 4) is 0 Å². The molecule has 3 heteroatoms. The fraction of sp³-hybridized carbons (Fsp3) is 0.478. The summed E-state index contributed by atoms with van der Waals surface area (Å²) < 4.78 is 12.0. The Balaban J connectivity index is 2.33. The van der Waals surface area contributed by atoms with Gasteiger partial charge in [-0.3, -0.25) is 4.90 Å². The van der Waals surface area contributed by atoms with Gasteiger partial charge < -0.3 is 9.47 Å². The lowest BCUT2D eigenvalue weighted by Crippen LogP contribution is -2.46. The van der Waals surface area contributed by atoms with E-state index in [4.69, 9.17) is 9.47 Å². The zero-order chi connectivity index (χ0) is 18.8. The van der Waals surface area contributed by atoms with Crippen LogP contribution in [0.25, 0.3) is 0 Å². The van der Waals surface area contributed by atoms with Gasteiger partial charge in [0.1, 0.15) is 0 Å². The normalized spacial score (nSPS) is 13.9. The molecule has 26 heavy (non-hydrogen) atoms. The minimum atomic E-state index is -0.218. The third-order valence-corrected chi connectivity index (χ3v) is 4.81. The van der Waals surface area contributed by atoms with Crippen molar-refractivity contribution < 1.29 is 9.47 Å². The standard InChI is InChI=1S/C23H33NO2/c1-5-22(23(25-6-2)26-7-3)24(18-20-14-10-8-11-15-20)19(4)21-16-12-9-13-17-21/h8-17,19,22-23H,5-7,18H2,1-4H3. The Morgan fingerprint density at radius 2 is 1.35 bits per heavy atom. The first-order valence-electron chi connectivity index (χ1n) is 9.79. The molecule has 0 spiro atoms. The lowest BCUT2D eigenvalue weighted by atomic mass is 10.0. The van der Waals surface area contributed by atoms with Gasteiger partial charge in [0.05, 0.1) is 6.04 Å². The highest BCUT2D eigenvalue weighted by atomic mass is 16.7. The molecule has 3 nitrogen and oxygen atoms in total. The van der Waals surface area contributed by atoms with Crippen molar-refractivity contribution in [3.05, 3.63) is 71.8 Å². The number of benzene rings is 2. The fourth-order valence-electron chi connectivity index (χ4n) is 3.44. The van der Waals surface area contributed by atoms with E-state index in [9.17, 15) is 0 Å². The Labute approximate surface area is 158 Å². The summed E-state index contributed by atoms with van der Waals surface area (Å²) in [4.78, 5) is 2.51. The highest BCUT2D eigenvalue weighted by molar-refractivity contribution is 5.20. The molecule has 2 unspecified atom stereocenters. The summed E-state index contributed by atoms with van der Waals surface area (Å²) >= 11 is 0. The van der Waals surface area contributed by atoms with Gasteiger partial charge in [-0.1, -0.05) is 67.6 Å². The maximum absolute atomic E-state index is 5.98. The number of hydrogen-bond donors (Lipinski definition) is 0. The maximum Gasteiger partial charge on any atom is 0.172 e. The second kappa shape index (κ2) is 11.1. The van der Waals surface area contributed by atoms with Gasteiger partial charge in [-0.25, -0.2) is 0 Å². The molecular weight excluding hydrogens is 322 g/mol. The predicted octanol–water partition coefficient (Wildman–Crippen LogP) is 5.43. The van der Waals surface area contributed by atoms with E-state index in [1.807, 2.05) is 13.8 Å². The summed E-state index contributed by atoms with van der Waals surface area (Å²) in [6.07, 6.45) is 0.749. The first kappa shape index (κ1) is 20.6. The molecule has 0 aliphatic carbocycles. The summed E-state index contributed by atoms with van der Waals surface area (Å²) in [5, 5.41) is 0. The van der Waals surface area contributed by atoms with Crippen molar-refractivity contribution in [2.75, 3.05) is 13.2 Å². The minimum Gasteiger partial charge on any atom is -0.351 e. The quantitative estimate of drug-likeness (QED) is 0.502. The molecule has 0 aromatic heterocycles. The first-order chi connectivity index (χ1) is 12.7. The van der Waals surface area contributed by atoms with E-state index >= 15 is 0 Å². The van der Waals surface area contributed by atoms with Crippen molar-refractivity contribution in [1.82, 2.24) is 4.90 Å². The van der Waals surface area contributed by atoms with E-state index in [2.05, 4.69) is 79.4 Å². The van der Waals surface area contributed by atoms with E-state index in [1.54, 1.807) is 0 Å². The molecule has 2 aromatic rings. The summed E-state index contributed by atoms with van der Waals surface area (Å²) in [6.45, 7) is 10.7. The van der Waals surface area contributed by atoms with E-state index in [0.29, 0.717) is 13.2 Å². The van der Waals surface area contributed by atoms with Crippen molar-refractivity contribution in [2.24, 2.45) is 0 Å². The number of rotatable bonds is 11. The van der Waals surface area contributed by atoms with Crippen LogP contribution in [0.1, 0.15) is 51.3 Å². The van der Waals surface area contributed by atoms with Crippen molar-refractivity contribution in [3.63, 3.8) is 0 Å². The molecule has 0 aliphatic rings. The molecule has 2 aromatic carbocycles. The second-order valence-electron chi connectivity index (χ2n) is 6.50. The summed E-state index contributed by atoms with van der Waals surface area (Å²) in [6, 6.07) is 21.8. The average Bonchev–Trinajstić information content (AvgIpc) is 2.69. The number of nitrogens with zero attached hydrogens (tertiary/aromatic N) is 1. The van der Waals surface area contributed by atoms with Crippen molar-refractivity contribution in [2.45, 2.75) is 59.0 Å². The van der Waals surface area contributed by atoms with Crippen LogP contribution < -0.4 is 0 Å². The summed E-state index contributed by atoms with van der Waals surface area (Å²) in [7, 11) is 0. The van der Waals surface area contributed by atoms with Crippen LogP contribution in [-0.4, -0.2) is 30.4 Å². The predicted molar refractivity (Wildman–Crippen MR) is 108 cm³/mol. The highest BCUT2D eigenvalue weighted by Gasteiger charge is 2.31. The average molecular weight is 356 g/mol. The Morgan fingerprint density at radius 3 is 1.85 bits per heavy atom. The second-order valence-corrected chi connectivity index (χ2v) is 6.50. The Kier molecular flexibility index (Phi) is 8.82. The SMILES string of the molecule is CCOC(OCC)C(CC)N(Cc1ccccc1)C(C)c1ccccc1. The molecule has 0 aliphatic heterocycles. The van der Waals surface area contributed by atoms with Crippen LogP contribution >= 0.6 is 0 Å². The van der Waals surface area contributed by atoms with Crippen LogP contribution in [0.3, 0.4) is 0 Å². The van der Waals surface area contributed by atoms with E-state index in [-0.39, 0.29) is 18.4 Å². The van der Waals surface area contributed by atoms with E-state index < -0.39 is 0 Å². The van der Waals surface area contributed by atoms with Crippen LogP contribution in [0.5, 0.6) is 0 Å². The van der Waals surface area contributed by atoms with Gasteiger partial charge in [-0.15, -0.1) is 0 Å². The smallest absolute Gasteiger partial charge is 0.172 e. The van der Waals surface area contributed by atoms with Gasteiger partial charge in [0.15, 0.2) is 6.29 Å². The first-order valence-corrected chi connectivity index (χ1v) is 9.79. The molecule has 0 amide bonds. The Bertz CT molecular complexity index is 596. The summed E-state index contributed by atoms with van der Waals surface area (Å²) in [5.41, 5.74) is 2.62. The Morgan fingerprint density at radius 1 is 0.808 bits per heavy atom. The minimum absolute atomic E-state index is 0.185. The van der Waals surface area contributed by atoms with Crippen molar-refractivity contribution in [1.29, 1.82) is 0 Å². The largest absolute Gasteiger partial charge is 0.351 e. The third-order valence-electron chi connectivity index (χ3n) is 4.81. The topological polar surface area (TPSA) is 21.7 Å². The van der Waals surface area contributed by atoms with Crippen LogP contribution in [0.2, 0.25) is 0 Å². The molecule has 142 valence electrons. The third kappa shape index (κ3) is 5.66. The molecule has 0 heterocycles. The molecule has 0 saturated heterocycles. The van der Waals surface area contributed by atoms with Crippen LogP contribution in [0.4, 0.5) is 0 Å². The van der Waals surface area contributed by atoms with Crippen LogP contribution in [0, 0.1) is 0 Å². The van der Waals surface area contributed by atoms with E-state index in [1.165, 1.54) is 11.1 Å². The van der Waals surface area contributed by atoms with E-state index in [0.717, 1.165) is 13.0 Å². The highest BCUT2D eigenvalue weighted by Crippen LogP contribution is 2.28. The monoisotopic (exact) mass is 355 g/mol. The number of hydrogen-bond acceptors (Lipinski definition) is 3. The zero-order valence-electron chi connectivity index (χ0n) is 16.6. The van der Waals surface area contributed by atoms with Gasteiger partial charge in [0.2, 0.25) is 0 Å². The molecule has 2 rings (SSSR count). The Hall–Kier alpha value is -1.68. The number of ether oxygens (including phenoxy) is 2. The molecule has 0 bridgehead atoms. The molecule has 0 N–H and O–H groups in total. The van der Waals surface area contributed by atoms with Gasteiger partial charge >= 0.3 is 0 Å². The molecule has 2 atom stereocenters. The van der Waals surface area contributed by atoms with Crippen LogP contribution in [0.15, 0.2) is 60.7 Å². The van der Waals surface area contributed by atoms with Crippen LogP contribution in [-0.2, 0) is 16.0 Å². The van der Waals surface area contributed by atoms with Gasteiger partial charge in [-0.2, -0.15) is 0 Å². The summed E-state index contributed by atoms with van der Waals surface area (Å²) in [5.74, 6) is 0. The molecular formula is C23H33NO2. The lowest BCUT2D eigenvalue weighted by Gasteiger charge is -2.40. The molecule has 0 radical (unpaired) electrons. The van der Waals surface area contributed by atoms with Gasteiger partial charge in [0.25, 0.3) is 0 Å². The van der Waals surface area contributed by atoms with Crippen molar-refractivity contribution >= 4 is 0 Å². The lowest BCUT2D eigenvalue weighted by molar-refractivity contribution is -0.180. The van der Waals surface area contributed by atoms with Gasteiger partial charge in [0, 0.05) is 25.8 Å².